The fourth-order valence-electron chi connectivity index (χ4n) is 2.08. The lowest BCUT2D eigenvalue weighted by molar-refractivity contribution is 0.107. The molecule has 0 spiro atoms. The van der Waals surface area contributed by atoms with Crippen LogP contribution in [0.2, 0.25) is 0 Å². The van der Waals surface area contributed by atoms with Gasteiger partial charge < -0.3 is 15.4 Å². The number of nitrogens with one attached hydrogen (secondary N) is 2. The average molecular weight is 297 g/mol. The van der Waals surface area contributed by atoms with Gasteiger partial charge in [0, 0.05) is 20.6 Å². The van der Waals surface area contributed by atoms with E-state index in [9.17, 15) is 0 Å². The lowest BCUT2D eigenvalue weighted by atomic mass is 10.1. The molecule has 0 aliphatic rings. The van der Waals surface area contributed by atoms with Gasteiger partial charge in [0.1, 0.15) is 0 Å². The van der Waals surface area contributed by atoms with Crippen LogP contribution in [-0.4, -0.2) is 20.1 Å². The van der Waals surface area contributed by atoms with Crippen molar-refractivity contribution in [2.75, 3.05) is 14.1 Å². The van der Waals surface area contributed by atoms with Crippen molar-refractivity contribution < 1.29 is 4.74 Å². The topological polar surface area (TPSA) is 45.7 Å². The first-order valence-electron chi connectivity index (χ1n) is 7.39. The van der Waals surface area contributed by atoms with Crippen LogP contribution in [0, 0.1) is 0 Å². The lowest BCUT2D eigenvalue weighted by Crippen LogP contribution is -2.34. The predicted octanol–water partition coefficient (Wildman–Crippen LogP) is 2.70. The number of benzene rings is 2. The summed E-state index contributed by atoms with van der Waals surface area (Å²) in [7, 11) is 3.61. The van der Waals surface area contributed by atoms with Crippen molar-refractivity contribution in [2.45, 2.75) is 19.8 Å². The maximum Gasteiger partial charge on any atom is 0.190 e. The molecule has 2 aromatic carbocycles. The Labute approximate surface area is 132 Å². The molecule has 0 heterocycles. The number of hydrogen-bond donors (Lipinski definition) is 2. The van der Waals surface area contributed by atoms with E-state index in [4.69, 9.17) is 4.74 Å². The summed E-state index contributed by atoms with van der Waals surface area (Å²) in [6, 6.07) is 18.6. The summed E-state index contributed by atoms with van der Waals surface area (Å²) in [5, 5.41) is 6.22. The monoisotopic (exact) mass is 297 g/mol. The zero-order valence-corrected chi connectivity index (χ0v) is 13.2. The van der Waals surface area contributed by atoms with Crippen molar-refractivity contribution in [2.24, 2.45) is 4.99 Å². The van der Waals surface area contributed by atoms with Crippen molar-refractivity contribution >= 4 is 5.96 Å². The van der Waals surface area contributed by atoms with E-state index in [-0.39, 0.29) is 0 Å². The third kappa shape index (κ3) is 5.22. The Morgan fingerprint density at radius 2 is 1.50 bits per heavy atom. The van der Waals surface area contributed by atoms with Crippen LogP contribution >= 0.6 is 0 Å². The fraction of sp³-hybridized carbons (Fsp3) is 0.278. The molecule has 0 bridgehead atoms. The summed E-state index contributed by atoms with van der Waals surface area (Å²) < 4.78 is 5.73. The van der Waals surface area contributed by atoms with Gasteiger partial charge in [0.15, 0.2) is 5.96 Å². The molecule has 2 N–H and O–H groups in total. The van der Waals surface area contributed by atoms with Crippen molar-refractivity contribution in [1.82, 2.24) is 10.6 Å². The molecule has 0 amide bonds. The highest BCUT2D eigenvalue weighted by atomic mass is 16.5. The fourth-order valence-corrected chi connectivity index (χ4v) is 2.08. The van der Waals surface area contributed by atoms with Crippen molar-refractivity contribution in [1.29, 1.82) is 0 Å². The second kappa shape index (κ2) is 8.85. The molecule has 2 aromatic rings. The predicted molar refractivity (Wildman–Crippen MR) is 90.6 cm³/mol. The molecular weight excluding hydrogens is 274 g/mol. The van der Waals surface area contributed by atoms with Gasteiger partial charge in [0.25, 0.3) is 0 Å². The number of ether oxygens (including phenoxy) is 1. The highest BCUT2D eigenvalue weighted by Crippen LogP contribution is 2.08. The van der Waals surface area contributed by atoms with E-state index >= 15 is 0 Å². The van der Waals surface area contributed by atoms with E-state index in [1.807, 2.05) is 25.2 Å². The van der Waals surface area contributed by atoms with Crippen LogP contribution in [0.1, 0.15) is 16.7 Å². The maximum atomic E-state index is 5.73. The molecule has 0 fully saturated rings. The second-order valence-electron chi connectivity index (χ2n) is 4.97. The molecule has 0 aliphatic heterocycles. The molecule has 4 nitrogen and oxygen atoms in total. The molecule has 0 aromatic heterocycles. The summed E-state index contributed by atoms with van der Waals surface area (Å²) in [6.45, 7) is 2.02. The minimum Gasteiger partial charge on any atom is -0.372 e. The Kier molecular flexibility index (Phi) is 6.45. The highest BCUT2D eigenvalue weighted by Gasteiger charge is 1.98. The summed E-state index contributed by atoms with van der Waals surface area (Å²) in [4.78, 5) is 4.08. The molecule has 2 rings (SSSR count). The molecule has 0 unspecified atom stereocenters. The summed E-state index contributed by atoms with van der Waals surface area (Å²) in [5.41, 5.74) is 3.59. The zero-order valence-electron chi connectivity index (χ0n) is 13.2. The molecule has 116 valence electrons. The Balaban J connectivity index is 1.77. The molecule has 0 saturated carbocycles. The maximum absolute atomic E-state index is 5.73. The molecule has 4 heteroatoms. The van der Waals surface area contributed by atoms with E-state index in [0.29, 0.717) is 13.2 Å². The Hall–Kier alpha value is -2.33. The third-order valence-corrected chi connectivity index (χ3v) is 3.32. The summed E-state index contributed by atoms with van der Waals surface area (Å²) in [5.74, 6) is 0.787. The zero-order chi connectivity index (χ0) is 15.6. The van der Waals surface area contributed by atoms with Gasteiger partial charge in [-0.25, -0.2) is 0 Å². The van der Waals surface area contributed by atoms with Gasteiger partial charge in [-0.1, -0.05) is 54.6 Å². The van der Waals surface area contributed by atoms with Gasteiger partial charge in [-0.2, -0.15) is 0 Å². The van der Waals surface area contributed by atoms with Crippen LogP contribution in [0.15, 0.2) is 59.6 Å². The smallest absolute Gasteiger partial charge is 0.190 e. The van der Waals surface area contributed by atoms with E-state index in [1.165, 1.54) is 16.7 Å². The van der Waals surface area contributed by atoms with Gasteiger partial charge in [-0.05, 0) is 16.7 Å². The van der Waals surface area contributed by atoms with Crippen molar-refractivity contribution in [3.8, 4) is 0 Å². The van der Waals surface area contributed by atoms with E-state index in [2.05, 4.69) is 52.0 Å². The van der Waals surface area contributed by atoms with Gasteiger partial charge in [-0.3, -0.25) is 4.99 Å². The second-order valence-corrected chi connectivity index (χ2v) is 4.97. The van der Waals surface area contributed by atoms with Crippen LogP contribution in [0.3, 0.4) is 0 Å². The standard InChI is InChI=1S/C18H23N3O/c1-19-18(20-2)21-12-15-8-10-17(11-9-15)14-22-13-16-6-4-3-5-7-16/h3-11H,12-14H2,1-2H3,(H2,19,20,21). The molecule has 0 atom stereocenters. The highest BCUT2D eigenvalue weighted by molar-refractivity contribution is 5.79. The minimum absolute atomic E-state index is 0.626. The molecule has 0 radical (unpaired) electrons. The van der Waals surface area contributed by atoms with Crippen LogP contribution in [0.25, 0.3) is 0 Å². The first-order chi connectivity index (χ1) is 10.8. The average Bonchev–Trinajstić information content (AvgIpc) is 2.58. The van der Waals surface area contributed by atoms with Crippen molar-refractivity contribution in [3.05, 3.63) is 71.3 Å². The summed E-state index contributed by atoms with van der Waals surface area (Å²) >= 11 is 0. The van der Waals surface area contributed by atoms with Gasteiger partial charge in [-0.15, -0.1) is 0 Å². The van der Waals surface area contributed by atoms with Crippen LogP contribution < -0.4 is 10.6 Å². The third-order valence-electron chi connectivity index (χ3n) is 3.32. The number of rotatable bonds is 6. The lowest BCUT2D eigenvalue weighted by Gasteiger charge is -2.09. The molecular formula is C18H23N3O. The first-order valence-corrected chi connectivity index (χ1v) is 7.39. The van der Waals surface area contributed by atoms with Gasteiger partial charge in [0.2, 0.25) is 0 Å². The first kappa shape index (κ1) is 16.0. The summed E-state index contributed by atoms with van der Waals surface area (Å²) in [6.07, 6.45) is 0. The Morgan fingerprint density at radius 1 is 0.909 bits per heavy atom. The molecule has 22 heavy (non-hydrogen) atoms. The minimum atomic E-state index is 0.626. The van der Waals surface area contributed by atoms with E-state index in [1.54, 1.807) is 7.05 Å². The number of nitrogens with zero attached hydrogens (tertiary/aromatic N) is 1. The quantitative estimate of drug-likeness (QED) is 0.636. The van der Waals surface area contributed by atoms with Crippen molar-refractivity contribution in [3.63, 3.8) is 0 Å². The molecule has 0 saturated heterocycles. The van der Waals surface area contributed by atoms with Crippen LogP contribution in [0.5, 0.6) is 0 Å². The van der Waals surface area contributed by atoms with Gasteiger partial charge >= 0.3 is 0 Å². The normalized spacial score (nSPS) is 11.3. The van der Waals surface area contributed by atoms with E-state index < -0.39 is 0 Å². The largest absolute Gasteiger partial charge is 0.372 e. The number of guanidine groups is 1. The van der Waals surface area contributed by atoms with Crippen LogP contribution in [-0.2, 0) is 24.5 Å². The Morgan fingerprint density at radius 3 is 2.09 bits per heavy atom. The SMILES string of the molecule is CN=C(NC)NCc1ccc(COCc2ccccc2)cc1. The number of hydrogen-bond acceptors (Lipinski definition) is 2. The van der Waals surface area contributed by atoms with Crippen LogP contribution in [0.4, 0.5) is 0 Å². The van der Waals surface area contributed by atoms with Gasteiger partial charge in [0.05, 0.1) is 13.2 Å². The Bertz CT molecular complexity index is 579. The number of aliphatic imine (C=N–C) groups is 1. The van der Waals surface area contributed by atoms with E-state index in [0.717, 1.165) is 12.5 Å². The molecule has 0 aliphatic carbocycles.